The number of carbonyl (C=O) groups excluding carboxylic acids is 3. The summed E-state index contributed by atoms with van der Waals surface area (Å²) < 4.78 is 0. The molecule has 33 heavy (non-hydrogen) atoms. The van der Waals surface area contributed by atoms with Gasteiger partial charge in [0.2, 0.25) is 5.91 Å². The van der Waals surface area contributed by atoms with Crippen molar-refractivity contribution >= 4 is 40.0 Å². The molecular formula is C24H25N5O3S. The first kappa shape index (κ1) is 22.5. The quantitative estimate of drug-likeness (QED) is 0.583. The number of para-hydroxylation sites is 1. The van der Waals surface area contributed by atoms with E-state index in [1.54, 1.807) is 21.9 Å². The molecule has 4 rings (SSSR count). The molecule has 2 N–H and O–H groups in total. The molecule has 0 atom stereocenters. The zero-order valence-corrected chi connectivity index (χ0v) is 18.9. The lowest BCUT2D eigenvalue weighted by molar-refractivity contribution is -0.132. The first-order valence-electron chi connectivity index (χ1n) is 10.8. The average Bonchev–Trinajstić information content (AvgIpc) is 3.30. The second kappa shape index (κ2) is 10.7. The maximum Gasteiger partial charge on any atom is 0.325 e. The van der Waals surface area contributed by atoms with E-state index >= 15 is 0 Å². The zero-order chi connectivity index (χ0) is 23.0. The fourth-order valence-electron chi connectivity index (χ4n) is 3.58. The highest BCUT2D eigenvalue weighted by atomic mass is 32.1. The van der Waals surface area contributed by atoms with E-state index in [0.29, 0.717) is 55.4 Å². The number of thiazole rings is 1. The zero-order valence-electron chi connectivity index (χ0n) is 18.1. The fraction of sp³-hybridized carbons (Fsp3) is 0.250. The van der Waals surface area contributed by atoms with E-state index in [2.05, 4.69) is 15.6 Å². The standard InChI is InChI=1S/C24H25N5O3S/c30-21(28-13-15-29(16-14-28)22(31)18-7-3-1-4-8-18)12-11-20-17-33-24(26-20)27-23(32)25-19-9-5-2-6-10-19/h1-10,17H,11-16H2,(H2,25,26,27,32). The van der Waals surface area contributed by atoms with E-state index < -0.39 is 0 Å². The van der Waals surface area contributed by atoms with Crippen molar-refractivity contribution in [3.05, 3.63) is 77.3 Å². The molecule has 8 nitrogen and oxygen atoms in total. The predicted octanol–water partition coefficient (Wildman–Crippen LogP) is 3.70. The third-order valence-electron chi connectivity index (χ3n) is 5.34. The molecule has 2 aromatic carbocycles. The summed E-state index contributed by atoms with van der Waals surface area (Å²) in [5.41, 5.74) is 2.13. The molecule has 4 amide bonds. The third-order valence-corrected chi connectivity index (χ3v) is 6.15. The van der Waals surface area contributed by atoms with Gasteiger partial charge in [-0.2, -0.15) is 0 Å². The Bertz CT molecular complexity index is 1100. The van der Waals surface area contributed by atoms with E-state index in [1.807, 2.05) is 53.9 Å². The Morgan fingerprint density at radius 1 is 0.848 bits per heavy atom. The number of aryl methyl sites for hydroxylation is 1. The van der Waals surface area contributed by atoms with Crippen molar-refractivity contribution in [2.24, 2.45) is 0 Å². The van der Waals surface area contributed by atoms with Gasteiger partial charge in [0.15, 0.2) is 5.13 Å². The highest BCUT2D eigenvalue weighted by Crippen LogP contribution is 2.18. The molecule has 0 bridgehead atoms. The number of anilines is 2. The second-order valence-electron chi connectivity index (χ2n) is 7.63. The van der Waals surface area contributed by atoms with Crippen LogP contribution in [0.4, 0.5) is 15.6 Å². The van der Waals surface area contributed by atoms with Crippen LogP contribution in [-0.4, -0.2) is 58.8 Å². The molecule has 1 saturated heterocycles. The highest BCUT2D eigenvalue weighted by Gasteiger charge is 2.24. The van der Waals surface area contributed by atoms with E-state index in [0.717, 1.165) is 5.69 Å². The summed E-state index contributed by atoms with van der Waals surface area (Å²) in [7, 11) is 0. The minimum Gasteiger partial charge on any atom is -0.339 e. The van der Waals surface area contributed by atoms with E-state index in [9.17, 15) is 14.4 Å². The summed E-state index contributed by atoms with van der Waals surface area (Å²) in [5, 5.41) is 7.79. The highest BCUT2D eigenvalue weighted by molar-refractivity contribution is 7.13. The summed E-state index contributed by atoms with van der Waals surface area (Å²) >= 11 is 1.32. The number of hydrogen-bond acceptors (Lipinski definition) is 5. The Kier molecular flexibility index (Phi) is 7.31. The summed E-state index contributed by atoms with van der Waals surface area (Å²) in [6.45, 7) is 2.11. The van der Waals surface area contributed by atoms with Gasteiger partial charge in [-0.1, -0.05) is 36.4 Å². The van der Waals surface area contributed by atoms with Crippen molar-refractivity contribution in [1.29, 1.82) is 0 Å². The van der Waals surface area contributed by atoms with Crippen molar-refractivity contribution in [3.8, 4) is 0 Å². The van der Waals surface area contributed by atoms with Gasteiger partial charge in [0, 0.05) is 49.2 Å². The minimum atomic E-state index is -0.360. The van der Waals surface area contributed by atoms with Crippen LogP contribution >= 0.6 is 11.3 Å². The van der Waals surface area contributed by atoms with Gasteiger partial charge in [-0.25, -0.2) is 9.78 Å². The van der Waals surface area contributed by atoms with Gasteiger partial charge in [0.1, 0.15) is 0 Å². The number of benzene rings is 2. The Balaban J connectivity index is 1.20. The van der Waals surface area contributed by atoms with Crippen LogP contribution in [0.1, 0.15) is 22.5 Å². The number of piperazine rings is 1. The molecule has 9 heteroatoms. The average molecular weight is 464 g/mol. The Morgan fingerprint density at radius 2 is 1.48 bits per heavy atom. The van der Waals surface area contributed by atoms with Gasteiger partial charge < -0.3 is 15.1 Å². The van der Waals surface area contributed by atoms with Crippen molar-refractivity contribution in [2.75, 3.05) is 36.8 Å². The number of nitrogens with one attached hydrogen (secondary N) is 2. The third kappa shape index (κ3) is 6.17. The molecule has 0 saturated carbocycles. The lowest BCUT2D eigenvalue weighted by Crippen LogP contribution is -2.50. The first-order chi connectivity index (χ1) is 16.1. The predicted molar refractivity (Wildman–Crippen MR) is 128 cm³/mol. The number of amides is 4. The monoisotopic (exact) mass is 463 g/mol. The Morgan fingerprint density at radius 3 is 2.18 bits per heavy atom. The number of nitrogens with zero attached hydrogens (tertiary/aromatic N) is 3. The second-order valence-corrected chi connectivity index (χ2v) is 8.49. The van der Waals surface area contributed by atoms with Gasteiger partial charge in [0.05, 0.1) is 5.69 Å². The van der Waals surface area contributed by atoms with Gasteiger partial charge in [0.25, 0.3) is 5.91 Å². The first-order valence-corrected chi connectivity index (χ1v) is 11.7. The van der Waals surface area contributed by atoms with Crippen LogP contribution in [-0.2, 0) is 11.2 Å². The minimum absolute atomic E-state index is 0.00139. The molecule has 0 radical (unpaired) electrons. The van der Waals surface area contributed by atoms with Crippen LogP contribution in [0.15, 0.2) is 66.0 Å². The number of carbonyl (C=O) groups is 3. The largest absolute Gasteiger partial charge is 0.339 e. The molecule has 1 fully saturated rings. The molecule has 2 heterocycles. The molecule has 170 valence electrons. The Labute approximate surface area is 196 Å². The lowest BCUT2D eigenvalue weighted by atomic mass is 10.1. The van der Waals surface area contributed by atoms with E-state index in [4.69, 9.17) is 0 Å². The van der Waals surface area contributed by atoms with Crippen molar-refractivity contribution in [3.63, 3.8) is 0 Å². The molecule has 0 unspecified atom stereocenters. The molecule has 0 spiro atoms. The molecule has 0 aliphatic carbocycles. The normalized spacial score (nSPS) is 13.5. The van der Waals surface area contributed by atoms with Crippen LogP contribution in [0, 0.1) is 0 Å². The SMILES string of the molecule is O=C(Nc1ccccc1)Nc1nc(CCC(=O)N2CCN(C(=O)c3ccccc3)CC2)cs1. The van der Waals surface area contributed by atoms with Crippen molar-refractivity contribution in [2.45, 2.75) is 12.8 Å². The van der Waals surface area contributed by atoms with E-state index in [-0.39, 0.29) is 17.8 Å². The van der Waals surface area contributed by atoms with Crippen LogP contribution < -0.4 is 10.6 Å². The van der Waals surface area contributed by atoms with E-state index in [1.165, 1.54) is 11.3 Å². The number of aromatic nitrogens is 1. The van der Waals surface area contributed by atoms with Crippen LogP contribution in [0.5, 0.6) is 0 Å². The smallest absolute Gasteiger partial charge is 0.325 e. The summed E-state index contributed by atoms with van der Waals surface area (Å²) in [4.78, 5) is 45.2. The van der Waals surface area contributed by atoms with Crippen LogP contribution in [0.25, 0.3) is 0 Å². The fourth-order valence-corrected chi connectivity index (χ4v) is 4.32. The van der Waals surface area contributed by atoms with Gasteiger partial charge in [-0.05, 0) is 30.7 Å². The van der Waals surface area contributed by atoms with Gasteiger partial charge in [-0.15, -0.1) is 11.3 Å². The maximum absolute atomic E-state index is 12.6. The van der Waals surface area contributed by atoms with Gasteiger partial charge in [-0.3, -0.25) is 14.9 Å². The van der Waals surface area contributed by atoms with Crippen molar-refractivity contribution in [1.82, 2.24) is 14.8 Å². The van der Waals surface area contributed by atoms with Gasteiger partial charge >= 0.3 is 6.03 Å². The topological polar surface area (TPSA) is 94.6 Å². The summed E-state index contributed by atoms with van der Waals surface area (Å²) in [6.07, 6.45) is 0.840. The number of hydrogen-bond donors (Lipinski definition) is 2. The molecule has 1 aliphatic rings. The summed E-state index contributed by atoms with van der Waals surface area (Å²) in [6, 6.07) is 18.0. The van der Waals surface area contributed by atoms with Crippen LogP contribution in [0.2, 0.25) is 0 Å². The van der Waals surface area contributed by atoms with Crippen molar-refractivity contribution < 1.29 is 14.4 Å². The molecule has 3 aromatic rings. The van der Waals surface area contributed by atoms with Crippen LogP contribution in [0.3, 0.4) is 0 Å². The number of urea groups is 1. The maximum atomic E-state index is 12.6. The Hall–Kier alpha value is -3.72. The summed E-state index contributed by atoms with van der Waals surface area (Å²) in [5.74, 6) is 0.0487. The lowest BCUT2D eigenvalue weighted by Gasteiger charge is -2.34. The molecule has 1 aliphatic heterocycles. The number of rotatable bonds is 6. The molecule has 1 aromatic heterocycles. The molecular weight excluding hydrogens is 438 g/mol.